The third-order valence-corrected chi connectivity index (χ3v) is 2.46. The average molecular weight is 262 g/mol. The summed E-state index contributed by atoms with van der Waals surface area (Å²) in [6, 6.07) is 7.89. The number of hydrogen-bond donors (Lipinski definition) is 3. The van der Waals surface area contributed by atoms with E-state index in [9.17, 15) is 0 Å². The molecule has 1 aromatic carbocycles. The second kappa shape index (κ2) is 5.03. The first-order valence-electron chi connectivity index (χ1n) is 4.87. The Balaban J connectivity index is 2.30. The third-order valence-electron chi connectivity index (χ3n) is 2.15. The van der Waals surface area contributed by atoms with Crippen molar-refractivity contribution in [3.05, 3.63) is 36.7 Å². The molecule has 0 saturated carbocycles. The number of pyridine rings is 1. The summed E-state index contributed by atoms with van der Waals surface area (Å²) in [7, 11) is 0. The van der Waals surface area contributed by atoms with Gasteiger partial charge in [-0.3, -0.25) is 4.98 Å². The molecule has 0 aliphatic heterocycles. The van der Waals surface area contributed by atoms with E-state index in [1.54, 1.807) is 12.4 Å². The van der Waals surface area contributed by atoms with E-state index in [0.29, 0.717) is 5.11 Å². The van der Waals surface area contributed by atoms with Gasteiger partial charge in [0.2, 0.25) is 0 Å². The molecule has 0 spiro atoms. The van der Waals surface area contributed by atoms with E-state index in [-0.39, 0.29) is 5.11 Å². The van der Waals surface area contributed by atoms with E-state index >= 15 is 0 Å². The highest BCUT2D eigenvalue weighted by Crippen LogP contribution is 2.21. The van der Waals surface area contributed by atoms with Gasteiger partial charge >= 0.3 is 0 Å². The van der Waals surface area contributed by atoms with Crippen LogP contribution in [0.15, 0.2) is 36.7 Å². The number of hydrogen-bond acceptors (Lipinski definition) is 3. The molecule has 0 bridgehead atoms. The molecule has 1 aromatic heterocycles. The maximum absolute atomic E-state index is 5.34. The monoisotopic (exact) mass is 262 g/mol. The van der Waals surface area contributed by atoms with Gasteiger partial charge in [0.05, 0.1) is 11.9 Å². The number of nitrogens with zero attached hydrogens (tertiary/aromatic N) is 1. The van der Waals surface area contributed by atoms with E-state index in [1.165, 1.54) is 0 Å². The lowest BCUT2D eigenvalue weighted by Crippen LogP contribution is -2.37. The van der Waals surface area contributed by atoms with Crippen molar-refractivity contribution >= 4 is 51.1 Å². The zero-order valence-electron chi connectivity index (χ0n) is 8.81. The number of aromatic nitrogens is 1. The first kappa shape index (κ1) is 11.7. The lowest BCUT2D eigenvalue weighted by atomic mass is 10.1. The van der Waals surface area contributed by atoms with E-state index in [1.807, 2.05) is 24.3 Å². The lowest BCUT2D eigenvalue weighted by molar-refractivity contribution is 1.34. The number of rotatable bonds is 1. The minimum atomic E-state index is 0.135. The number of benzene rings is 1. The van der Waals surface area contributed by atoms with Crippen LogP contribution in [0.5, 0.6) is 0 Å². The first-order chi connectivity index (χ1) is 8.16. The SMILES string of the molecule is NC(=S)NC(=S)Nc1cncc2ccccc12. The quantitative estimate of drug-likeness (QED) is 0.681. The van der Waals surface area contributed by atoms with Gasteiger partial charge in [0, 0.05) is 17.0 Å². The van der Waals surface area contributed by atoms with Crippen molar-refractivity contribution in [2.24, 2.45) is 5.73 Å². The Hall–Kier alpha value is -1.79. The van der Waals surface area contributed by atoms with Gasteiger partial charge in [0.1, 0.15) is 0 Å². The number of thiocarbonyl (C=S) groups is 2. The zero-order chi connectivity index (χ0) is 12.3. The Kier molecular flexibility index (Phi) is 3.46. The lowest BCUT2D eigenvalue weighted by Gasteiger charge is -2.10. The fourth-order valence-corrected chi connectivity index (χ4v) is 1.87. The number of anilines is 1. The normalized spacial score (nSPS) is 9.88. The van der Waals surface area contributed by atoms with Crippen molar-refractivity contribution < 1.29 is 0 Å². The molecule has 0 aliphatic rings. The molecule has 1 heterocycles. The summed E-state index contributed by atoms with van der Waals surface area (Å²) >= 11 is 9.77. The Morgan fingerprint density at radius 3 is 2.71 bits per heavy atom. The topological polar surface area (TPSA) is 63.0 Å². The molecule has 0 aliphatic carbocycles. The molecule has 86 valence electrons. The highest BCUT2D eigenvalue weighted by atomic mass is 32.1. The van der Waals surface area contributed by atoms with Gasteiger partial charge in [-0.05, 0) is 24.4 Å². The molecule has 0 fully saturated rings. The summed E-state index contributed by atoms with van der Waals surface area (Å²) in [4.78, 5) is 4.13. The number of fused-ring (bicyclic) bond motifs is 1. The fourth-order valence-electron chi connectivity index (χ4n) is 1.48. The van der Waals surface area contributed by atoms with Crippen LogP contribution in [0, 0.1) is 0 Å². The molecule has 0 unspecified atom stereocenters. The first-order valence-corrected chi connectivity index (χ1v) is 5.68. The number of nitrogens with two attached hydrogens (primary N) is 1. The van der Waals surface area contributed by atoms with Gasteiger partial charge in [0.25, 0.3) is 0 Å². The second-order valence-corrected chi connectivity index (χ2v) is 4.20. The molecule has 4 N–H and O–H groups in total. The van der Waals surface area contributed by atoms with Crippen molar-refractivity contribution in [1.29, 1.82) is 0 Å². The molecule has 4 nitrogen and oxygen atoms in total. The maximum atomic E-state index is 5.34. The summed E-state index contributed by atoms with van der Waals surface area (Å²) in [6.45, 7) is 0. The van der Waals surface area contributed by atoms with Crippen LogP contribution in [0.3, 0.4) is 0 Å². The van der Waals surface area contributed by atoms with Gasteiger partial charge in [-0.25, -0.2) is 0 Å². The molecule has 0 amide bonds. The Bertz CT molecular complexity index is 577. The van der Waals surface area contributed by atoms with Gasteiger partial charge in [-0.2, -0.15) is 0 Å². The zero-order valence-corrected chi connectivity index (χ0v) is 10.4. The largest absolute Gasteiger partial charge is 0.376 e. The summed E-state index contributed by atoms with van der Waals surface area (Å²) < 4.78 is 0. The fraction of sp³-hybridized carbons (Fsp3) is 0. The minimum Gasteiger partial charge on any atom is -0.376 e. The van der Waals surface area contributed by atoms with Crippen LogP contribution < -0.4 is 16.4 Å². The second-order valence-electron chi connectivity index (χ2n) is 3.35. The molecular weight excluding hydrogens is 252 g/mol. The van der Waals surface area contributed by atoms with Crippen LogP contribution in [0.1, 0.15) is 0 Å². The van der Waals surface area contributed by atoms with Crippen molar-refractivity contribution in [2.75, 3.05) is 5.32 Å². The van der Waals surface area contributed by atoms with Crippen molar-refractivity contribution in [1.82, 2.24) is 10.3 Å². The molecule has 2 rings (SSSR count). The van der Waals surface area contributed by atoms with E-state index in [4.69, 9.17) is 30.2 Å². The molecule has 17 heavy (non-hydrogen) atoms. The highest BCUT2D eigenvalue weighted by molar-refractivity contribution is 7.82. The molecule has 0 atom stereocenters. The molecule has 0 saturated heterocycles. The van der Waals surface area contributed by atoms with Crippen LogP contribution in [0.4, 0.5) is 5.69 Å². The highest BCUT2D eigenvalue weighted by Gasteiger charge is 2.03. The van der Waals surface area contributed by atoms with Crippen molar-refractivity contribution in [2.45, 2.75) is 0 Å². The predicted molar refractivity (Wildman–Crippen MR) is 77.9 cm³/mol. The molecule has 2 aromatic rings. The number of nitrogens with one attached hydrogen (secondary N) is 2. The van der Waals surface area contributed by atoms with Gasteiger partial charge in [0.15, 0.2) is 10.2 Å². The van der Waals surface area contributed by atoms with Crippen molar-refractivity contribution in [3.63, 3.8) is 0 Å². The van der Waals surface area contributed by atoms with Gasteiger partial charge in [-0.1, -0.05) is 24.3 Å². The summed E-state index contributed by atoms with van der Waals surface area (Å²) in [5.41, 5.74) is 6.15. The van der Waals surface area contributed by atoms with E-state index in [0.717, 1.165) is 16.5 Å². The predicted octanol–water partition coefficient (Wildman–Crippen LogP) is 1.76. The summed E-state index contributed by atoms with van der Waals surface area (Å²) in [5, 5.41) is 8.23. The third kappa shape index (κ3) is 2.86. The Morgan fingerprint density at radius 2 is 1.94 bits per heavy atom. The maximum Gasteiger partial charge on any atom is 0.177 e. The average Bonchev–Trinajstić information content (AvgIpc) is 2.28. The molecular formula is C11H10N4S2. The van der Waals surface area contributed by atoms with E-state index in [2.05, 4.69) is 15.6 Å². The van der Waals surface area contributed by atoms with Crippen LogP contribution in [0.2, 0.25) is 0 Å². The van der Waals surface area contributed by atoms with Crippen molar-refractivity contribution in [3.8, 4) is 0 Å². The minimum absolute atomic E-state index is 0.135. The Morgan fingerprint density at radius 1 is 1.18 bits per heavy atom. The van der Waals surface area contributed by atoms with Crippen LogP contribution >= 0.6 is 24.4 Å². The van der Waals surface area contributed by atoms with Crippen LogP contribution in [-0.4, -0.2) is 15.2 Å². The summed E-state index contributed by atoms with van der Waals surface area (Å²) in [5.74, 6) is 0. The van der Waals surface area contributed by atoms with Crippen LogP contribution in [0.25, 0.3) is 10.8 Å². The Labute approximate surface area is 109 Å². The molecule has 0 radical (unpaired) electrons. The summed E-state index contributed by atoms with van der Waals surface area (Å²) in [6.07, 6.45) is 3.50. The smallest absolute Gasteiger partial charge is 0.177 e. The van der Waals surface area contributed by atoms with Crippen LogP contribution in [-0.2, 0) is 0 Å². The standard InChI is InChI=1S/C11H10N4S2/c12-10(16)15-11(17)14-9-6-13-5-7-3-1-2-4-8(7)9/h1-6H,(H4,12,14,15,16,17). The molecule has 6 heteroatoms. The van der Waals surface area contributed by atoms with Gasteiger partial charge in [-0.15, -0.1) is 0 Å². The van der Waals surface area contributed by atoms with Gasteiger partial charge < -0.3 is 16.4 Å². The van der Waals surface area contributed by atoms with E-state index < -0.39 is 0 Å².